The summed E-state index contributed by atoms with van der Waals surface area (Å²) >= 11 is 0. The molecule has 1 aliphatic carbocycles. The first-order valence-electron chi connectivity index (χ1n) is 8.76. The summed E-state index contributed by atoms with van der Waals surface area (Å²) in [5, 5.41) is 10.6. The van der Waals surface area contributed by atoms with Gasteiger partial charge in [-0.05, 0) is 25.3 Å². The fraction of sp³-hybridized carbons (Fsp3) is 0.471. The van der Waals surface area contributed by atoms with E-state index in [0.29, 0.717) is 18.2 Å². The van der Waals surface area contributed by atoms with Crippen LogP contribution in [0.2, 0.25) is 0 Å². The van der Waals surface area contributed by atoms with Gasteiger partial charge in [0.2, 0.25) is 0 Å². The molecule has 1 saturated carbocycles. The molecule has 1 N–H and O–H groups in total. The Morgan fingerprint density at radius 3 is 2.96 bits per heavy atom. The number of hydrogen-bond acceptors (Lipinski definition) is 5. The van der Waals surface area contributed by atoms with Crippen LogP contribution in [-0.4, -0.2) is 42.0 Å². The molecule has 0 aromatic carbocycles. The van der Waals surface area contributed by atoms with E-state index in [1.165, 1.54) is 25.7 Å². The van der Waals surface area contributed by atoms with Crippen LogP contribution in [0.4, 0.5) is 0 Å². The van der Waals surface area contributed by atoms with Crippen molar-refractivity contribution in [2.45, 2.75) is 44.7 Å². The molecule has 0 unspecified atom stereocenters. The minimum absolute atomic E-state index is 0.122. The Morgan fingerprint density at radius 2 is 2.16 bits per heavy atom. The lowest BCUT2D eigenvalue weighted by molar-refractivity contribution is 0.0952. The molecule has 0 aliphatic heterocycles. The molecule has 0 bridgehead atoms. The molecule has 0 atom stereocenters. The van der Waals surface area contributed by atoms with Crippen LogP contribution in [0.1, 0.15) is 48.5 Å². The number of fused-ring (bicyclic) bond motifs is 1. The lowest BCUT2D eigenvalue weighted by Gasteiger charge is -2.11. The molecule has 4 rings (SSSR count). The molecular weight excluding hydrogens is 318 g/mol. The number of aryl methyl sites for hydroxylation is 1. The predicted octanol–water partition coefficient (Wildman–Crippen LogP) is 1.96. The van der Waals surface area contributed by atoms with Gasteiger partial charge in [-0.1, -0.05) is 18.1 Å². The van der Waals surface area contributed by atoms with Crippen LogP contribution in [0, 0.1) is 0 Å². The molecular formula is C17H21N7O. The van der Waals surface area contributed by atoms with Gasteiger partial charge in [-0.25, -0.2) is 9.97 Å². The van der Waals surface area contributed by atoms with E-state index in [-0.39, 0.29) is 5.91 Å². The van der Waals surface area contributed by atoms with Gasteiger partial charge in [0.1, 0.15) is 5.52 Å². The largest absolute Gasteiger partial charge is 0.352 e. The van der Waals surface area contributed by atoms with Gasteiger partial charge >= 0.3 is 0 Å². The standard InChI is InChI=1S/C17H21N7O/c25-17(18-6-3-8-23-9-7-21-22-23)13-10-15-16(19-11-13)24(12-20-15)14-4-1-2-5-14/h7,9-12,14H,1-6,8H2,(H,18,25). The van der Waals surface area contributed by atoms with Crippen LogP contribution < -0.4 is 5.32 Å². The highest BCUT2D eigenvalue weighted by Crippen LogP contribution is 2.31. The van der Waals surface area contributed by atoms with Gasteiger partial charge in [-0.15, -0.1) is 5.10 Å². The molecule has 1 amide bonds. The van der Waals surface area contributed by atoms with Crippen LogP contribution in [0.15, 0.2) is 31.0 Å². The zero-order chi connectivity index (χ0) is 17.1. The summed E-state index contributed by atoms with van der Waals surface area (Å²) in [5.74, 6) is -0.122. The predicted molar refractivity (Wildman–Crippen MR) is 92.0 cm³/mol. The number of carbonyl (C=O) groups excluding carboxylic acids is 1. The first-order valence-corrected chi connectivity index (χ1v) is 8.76. The number of imidazole rings is 1. The van der Waals surface area contributed by atoms with Crippen molar-refractivity contribution >= 4 is 17.1 Å². The monoisotopic (exact) mass is 339 g/mol. The smallest absolute Gasteiger partial charge is 0.252 e. The number of nitrogens with zero attached hydrogens (tertiary/aromatic N) is 6. The van der Waals surface area contributed by atoms with Crippen molar-refractivity contribution in [2.24, 2.45) is 0 Å². The average Bonchev–Trinajstić information content (AvgIpc) is 3.38. The Hall–Kier alpha value is -2.77. The van der Waals surface area contributed by atoms with Gasteiger partial charge in [0, 0.05) is 31.5 Å². The third kappa shape index (κ3) is 3.38. The maximum absolute atomic E-state index is 12.3. The number of nitrogens with one attached hydrogen (secondary N) is 1. The summed E-state index contributed by atoms with van der Waals surface area (Å²) in [6.07, 6.45) is 12.6. The minimum atomic E-state index is -0.122. The van der Waals surface area contributed by atoms with Crippen molar-refractivity contribution in [3.8, 4) is 0 Å². The van der Waals surface area contributed by atoms with Gasteiger partial charge in [0.05, 0.1) is 18.1 Å². The number of hydrogen-bond donors (Lipinski definition) is 1. The molecule has 1 aliphatic rings. The molecule has 8 heteroatoms. The Bertz CT molecular complexity index is 849. The van der Waals surface area contributed by atoms with Crippen molar-refractivity contribution in [1.29, 1.82) is 0 Å². The van der Waals surface area contributed by atoms with E-state index in [9.17, 15) is 4.79 Å². The first kappa shape index (κ1) is 15.7. The second-order valence-corrected chi connectivity index (χ2v) is 6.43. The van der Waals surface area contributed by atoms with Gasteiger partial charge in [0.25, 0.3) is 5.91 Å². The molecule has 8 nitrogen and oxygen atoms in total. The Kier molecular flexibility index (Phi) is 4.41. The number of amides is 1. The highest BCUT2D eigenvalue weighted by atomic mass is 16.1. The summed E-state index contributed by atoms with van der Waals surface area (Å²) < 4.78 is 3.90. The second-order valence-electron chi connectivity index (χ2n) is 6.43. The molecule has 3 aromatic heterocycles. The normalized spacial score (nSPS) is 15.0. The average molecular weight is 339 g/mol. The number of pyridine rings is 1. The van der Waals surface area contributed by atoms with Crippen LogP contribution >= 0.6 is 0 Å². The molecule has 1 fully saturated rings. The molecule has 0 spiro atoms. The summed E-state index contributed by atoms with van der Waals surface area (Å²) in [6, 6.07) is 2.31. The van der Waals surface area contributed by atoms with E-state index in [1.54, 1.807) is 23.3 Å². The van der Waals surface area contributed by atoms with E-state index in [2.05, 4.69) is 30.2 Å². The molecule has 130 valence electrons. The number of carbonyl (C=O) groups is 1. The summed E-state index contributed by atoms with van der Waals surface area (Å²) in [6.45, 7) is 1.30. The third-order valence-electron chi connectivity index (χ3n) is 4.71. The molecule has 0 radical (unpaired) electrons. The van der Waals surface area contributed by atoms with Crippen LogP contribution in [0.3, 0.4) is 0 Å². The number of rotatable bonds is 6. The highest BCUT2D eigenvalue weighted by Gasteiger charge is 2.20. The SMILES string of the molecule is O=C(NCCCn1ccnn1)c1cnc2c(c1)ncn2C1CCCC1. The first-order chi connectivity index (χ1) is 12.3. The van der Waals surface area contributed by atoms with Gasteiger partial charge < -0.3 is 9.88 Å². The van der Waals surface area contributed by atoms with E-state index < -0.39 is 0 Å². The van der Waals surface area contributed by atoms with E-state index in [1.807, 2.05) is 12.4 Å². The quantitative estimate of drug-likeness (QED) is 0.693. The van der Waals surface area contributed by atoms with Crippen molar-refractivity contribution in [2.75, 3.05) is 6.54 Å². The molecule has 3 aromatic rings. The fourth-order valence-electron chi connectivity index (χ4n) is 3.39. The van der Waals surface area contributed by atoms with Crippen molar-refractivity contribution < 1.29 is 4.79 Å². The van der Waals surface area contributed by atoms with Crippen molar-refractivity contribution in [1.82, 2.24) is 34.8 Å². The Balaban J connectivity index is 1.38. The van der Waals surface area contributed by atoms with Gasteiger partial charge in [-0.2, -0.15) is 0 Å². The van der Waals surface area contributed by atoms with Gasteiger partial charge in [-0.3, -0.25) is 9.48 Å². The Labute approximate surface area is 145 Å². The van der Waals surface area contributed by atoms with Gasteiger partial charge in [0.15, 0.2) is 5.65 Å². The van der Waals surface area contributed by atoms with E-state index in [0.717, 1.165) is 24.1 Å². The summed E-state index contributed by atoms with van der Waals surface area (Å²) in [7, 11) is 0. The number of aromatic nitrogens is 6. The van der Waals surface area contributed by atoms with Crippen LogP contribution in [0.5, 0.6) is 0 Å². The van der Waals surface area contributed by atoms with Crippen LogP contribution in [-0.2, 0) is 6.54 Å². The molecule has 3 heterocycles. The van der Waals surface area contributed by atoms with Crippen molar-refractivity contribution in [3.63, 3.8) is 0 Å². The maximum atomic E-state index is 12.3. The van der Waals surface area contributed by atoms with E-state index >= 15 is 0 Å². The van der Waals surface area contributed by atoms with Crippen molar-refractivity contribution in [3.05, 3.63) is 36.5 Å². The molecule has 25 heavy (non-hydrogen) atoms. The summed E-state index contributed by atoms with van der Waals surface area (Å²) in [4.78, 5) is 21.2. The van der Waals surface area contributed by atoms with E-state index in [4.69, 9.17) is 0 Å². The zero-order valence-corrected chi connectivity index (χ0v) is 14.0. The topological polar surface area (TPSA) is 90.5 Å². The lowest BCUT2D eigenvalue weighted by atomic mass is 10.2. The Morgan fingerprint density at radius 1 is 1.28 bits per heavy atom. The fourth-order valence-corrected chi connectivity index (χ4v) is 3.39. The highest BCUT2D eigenvalue weighted by molar-refractivity contribution is 5.96. The third-order valence-corrected chi connectivity index (χ3v) is 4.71. The second kappa shape index (κ2) is 7.00. The molecule has 0 saturated heterocycles. The van der Waals surface area contributed by atoms with Crippen LogP contribution in [0.25, 0.3) is 11.2 Å². The maximum Gasteiger partial charge on any atom is 0.252 e. The summed E-state index contributed by atoms with van der Waals surface area (Å²) in [5.41, 5.74) is 2.20. The minimum Gasteiger partial charge on any atom is -0.352 e. The lowest BCUT2D eigenvalue weighted by Crippen LogP contribution is -2.25. The zero-order valence-electron chi connectivity index (χ0n) is 14.0.